The molecule has 0 heterocycles. The highest BCUT2D eigenvalue weighted by atomic mass is 16.5. The van der Waals surface area contributed by atoms with Crippen molar-refractivity contribution < 1.29 is 19.4 Å². The molecule has 1 N–H and O–H groups in total. The third-order valence-corrected chi connectivity index (χ3v) is 10.5. The van der Waals surface area contributed by atoms with Gasteiger partial charge in [-0.25, -0.2) is 0 Å². The predicted molar refractivity (Wildman–Crippen MR) is 218 cm³/mol. The van der Waals surface area contributed by atoms with E-state index in [1.165, 1.54) is 199 Å². The molecule has 0 rings (SSSR count). The number of carboxylic acid groups (broad SMARTS) is 1. The zero-order valence-electron chi connectivity index (χ0n) is 34.0. The number of esters is 1. The molecule has 0 saturated heterocycles. The largest absolute Gasteiger partial charge is 0.481 e. The molecule has 0 saturated carbocycles. The Morgan fingerprint density at radius 2 is 0.720 bits per heavy atom. The monoisotopic (exact) mass is 705 g/mol. The molecule has 0 aromatic carbocycles. The van der Waals surface area contributed by atoms with Crippen LogP contribution in [0.5, 0.6) is 0 Å². The van der Waals surface area contributed by atoms with Crippen LogP contribution in [0.1, 0.15) is 264 Å². The van der Waals surface area contributed by atoms with Crippen LogP contribution in [0.3, 0.4) is 0 Å². The van der Waals surface area contributed by atoms with Crippen LogP contribution >= 0.6 is 0 Å². The van der Waals surface area contributed by atoms with Crippen LogP contribution in [0.25, 0.3) is 0 Å². The second-order valence-electron chi connectivity index (χ2n) is 15.6. The molecule has 0 aromatic rings. The van der Waals surface area contributed by atoms with Gasteiger partial charge < -0.3 is 9.84 Å². The van der Waals surface area contributed by atoms with Gasteiger partial charge in [-0.05, 0) is 64.2 Å². The van der Waals surface area contributed by atoms with Crippen molar-refractivity contribution in [1.29, 1.82) is 0 Å². The molecule has 0 aliphatic rings. The molecule has 1 unspecified atom stereocenters. The molecular formula is C46H88O4. The van der Waals surface area contributed by atoms with Gasteiger partial charge in [0.05, 0.1) is 0 Å². The normalized spacial score (nSPS) is 12.2. The predicted octanol–water partition coefficient (Wildman–Crippen LogP) is 15.8. The van der Waals surface area contributed by atoms with Gasteiger partial charge in [-0.3, -0.25) is 9.59 Å². The Balaban J connectivity index is 3.63. The Hall–Kier alpha value is -1.32. The van der Waals surface area contributed by atoms with Gasteiger partial charge in [-0.1, -0.05) is 199 Å². The van der Waals surface area contributed by atoms with Crippen LogP contribution in [0.4, 0.5) is 0 Å². The number of rotatable bonds is 42. The zero-order valence-corrected chi connectivity index (χ0v) is 34.0. The highest BCUT2D eigenvalue weighted by Crippen LogP contribution is 2.19. The maximum Gasteiger partial charge on any atom is 0.306 e. The van der Waals surface area contributed by atoms with E-state index in [0.29, 0.717) is 12.8 Å². The van der Waals surface area contributed by atoms with Crippen molar-refractivity contribution in [3.8, 4) is 0 Å². The van der Waals surface area contributed by atoms with Gasteiger partial charge in [0.2, 0.25) is 0 Å². The number of allylic oxidation sites excluding steroid dienone is 2. The Labute approximate surface area is 313 Å². The fourth-order valence-corrected chi connectivity index (χ4v) is 7.12. The molecule has 0 amide bonds. The Kier molecular flexibility index (Phi) is 41.0. The lowest BCUT2D eigenvalue weighted by molar-refractivity contribution is -0.150. The summed E-state index contributed by atoms with van der Waals surface area (Å²) in [6.45, 7) is 4.53. The maximum atomic E-state index is 12.6. The molecular weight excluding hydrogens is 617 g/mol. The van der Waals surface area contributed by atoms with Gasteiger partial charge in [0, 0.05) is 12.8 Å². The number of carboxylic acids is 1. The number of carbonyl (C=O) groups excluding carboxylic acids is 1. The van der Waals surface area contributed by atoms with Gasteiger partial charge in [0.1, 0.15) is 6.10 Å². The molecule has 296 valence electrons. The highest BCUT2D eigenvalue weighted by Gasteiger charge is 2.14. The van der Waals surface area contributed by atoms with Crippen molar-refractivity contribution in [2.24, 2.45) is 0 Å². The zero-order chi connectivity index (χ0) is 36.4. The maximum absolute atomic E-state index is 12.6. The lowest BCUT2D eigenvalue weighted by Crippen LogP contribution is -2.18. The minimum atomic E-state index is -0.666. The first-order valence-electron chi connectivity index (χ1n) is 22.7. The summed E-state index contributed by atoms with van der Waals surface area (Å²) in [5.74, 6) is -0.624. The molecule has 0 fully saturated rings. The summed E-state index contributed by atoms with van der Waals surface area (Å²) in [7, 11) is 0. The van der Waals surface area contributed by atoms with E-state index in [0.717, 1.165) is 38.5 Å². The van der Waals surface area contributed by atoms with Crippen LogP contribution in [0, 0.1) is 0 Å². The van der Waals surface area contributed by atoms with Crippen molar-refractivity contribution >= 4 is 11.9 Å². The van der Waals surface area contributed by atoms with Gasteiger partial charge in [0.15, 0.2) is 0 Å². The molecule has 0 radical (unpaired) electrons. The first-order valence-corrected chi connectivity index (χ1v) is 22.7. The van der Waals surface area contributed by atoms with Crippen molar-refractivity contribution in [2.45, 2.75) is 270 Å². The lowest BCUT2D eigenvalue weighted by Gasteiger charge is -2.18. The number of hydrogen-bond acceptors (Lipinski definition) is 3. The third-order valence-electron chi connectivity index (χ3n) is 10.5. The summed E-state index contributed by atoms with van der Waals surface area (Å²) in [5.41, 5.74) is 0. The summed E-state index contributed by atoms with van der Waals surface area (Å²) in [5, 5.41) is 8.69. The summed E-state index contributed by atoms with van der Waals surface area (Å²) in [6.07, 6.45) is 52.9. The van der Waals surface area contributed by atoms with Gasteiger partial charge in [-0.15, -0.1) is 0 Å². The SMILES string of the molecule is CCCCCCCC/C=C\CCCCCCCCCCCCCC(=O)OC(CCCCC)CCCCCCCCCCCCCCCC(=O)O. The quantitative estimate of drug-likeness (QED) is 0.0390. The van der Waals surface area contributed by atoms with Crippen molar-refractivity contribution in [1.82, 2.24) is 0 Å². The minimum Gasteiger partial charge on any atom is -0.481 e. The molecule has 50 heavy (non-hydrogen) atoms. The number of aliphatic carboxylic acids is 1. The molecule has 0 bridgehead atoms. The lowest BCUT2D eigenvalue weighted by atomic mass is 10.0. The van der Waals surface area contributed by atoms with Crippen LogP contribution in [0.2, 0.25) is 0 Å². The minimum absolute atomic E-state index is 0.0417. The van der Waals surface area contributed by atoms with Crippen LogP contribution in [-0.2, 0) is 14.3 Å². The Bertz CT molecular complexity index is 717. The van der Waals surface area contributed by atoms with E-state index >= 15 is 0 Å². The van der Waals surface area contributed by atoms with E-state index in [9.17, 15) is 9.59 Å². The second-order valence-corrected chi connectivity index (χ2v) is 15.6. The number of carbonyl (C=O) groups is 2. The van der Waals surface area contributed by atoms with Crippen molar-refractivity contribution in [3.05, 3.63) is 12.2 Å². The second kappa shape index (κ2) is 42.1. The standard InChI is InChI=1S/C46H88O4/c1-3-5-7-8-9-10-11-12-13-14-15-16-17-18-19-23-26-29-32-35-39-43-46(49)50-44(40-36-6-4-2)41-37-33-30-27-24-21-20-22-25-28-31-34-38-42-45(47)48/h12-13,44H,3-11,14-43H2,1-2H3,(H,47,48)/b13-12-. The van der Waals surface area contributed by atoms with Crippen LogP contribution in [-0.4, -0.2) is 23.1 Å². The van der Waals surface area contributed by atoms with E-state index in [2.05, 4.69) is 26.0 Å². The van der Waals surface area contributed by atoms with Gasteiger partial charge in [0.25, 0.3) is 0 Å². The topological polar surface area (TPSA) is 63.6 Å². The van der Waals surface area contributed by atoms with E-state index in [1.807, 2.05) is 0 Å². The number of ether oxygens (including phenoxy) is 1. The molecule has 1 atom stereocenters. The van der Waals surface area contributed by atoms with Gasteiger partial charge in [-0.2, -0.15) is 0 Å². The van der Waals surface area contributed by atoms with Crippen LogP contribution < -0.4 is 0 Å². The summed E-state index contributed by atoms with van der Waals surface area (Å²) < 4.78 is 6.00. The molecule has 0 aromatic heterocycles. The average Bonchev–Trinajstić information content (AvgIpc) is 3.10. The van der Waals surface area contributed by atoms with E-state index in [-0.39, 0.29) is 12.1 Å². The fourth-order valence-electron chi connectivity index (χ4n) is 7.12. The molecule has 0 aliphatic carbocycles. The van der Waals surface area contributed by atoms with E-state index in [1.54, 1.807) is 0 Å². The molecule has 0 aliphatic heterocycles. The first kappa shape index (κ1) is 48.7. The summed E-state index contributed by atoms with van der Waals surface area (Å²) in [4.78, 5) is 23.2. The Morgan fingerprint density at radius 3 is 1.12 bits per heavy atom. The van der Waals surface area contributed by atoms with E-state index in [4.69, 9.17) is 9.84 Å². The summed E-state index contributed by atoms with van der Waals surface area (Å²) in [6, 6.07) is 0. The average molecular weight is 705 g/mol. The smallest absolute Gasteiger partial charge is 0.306 e. The first-order chi connectivity index (χ1) is 24.6. The van der Waals surface area contributed by atoms with E-state index < -0.39 is 5.97 Å². The molecule has 4 heteroatoms. The number of unbranched alkanes of at least 4 members (excludes halogenated alkanes) is 31. The molecule has 4 nitrogen and oxygen atoms in total. The van der Waals surface area contributed by atoms with Crippen molar-refractivity contribution in [3.63, 3.8) is 0 Å². The Morgan fingerprint density at radius 1 is 0.420 bits per heavy atom. The molecule has 0 spiro atoms. The van der Waals surface area contributed by atoms with Crippen molar-refractivity contribution in [2.75, 3.05) is 0 Å². The highest BCUT2D eigenvalue weighted by molar-refractivity contribution is 5.69. The summed E-state index contributed by atoms with van der Waals surface area (Å²) >= 11 is 0. The van der Waals surface area contributed by atoms with Crippen LogP contribution in [0.15, 0.2) is 12.2 Å². The third kappa shape index (κ3) is 41.1. The van der Waals surface area contributed by atoms with Gasteiger partial charge >= 0.3 is 11.9 Å². The fraction of sp³-hybridized carbons (Fsp3) is 0.913. The number of hydrogen-bond donors (Lipinski definition) is 1.